The van der Waals surface area contributed by atoms with Crippen molar-refractivity contribution in [3.8, 4) is 67.5 Å². The van der Waals surface area contributed by atoms with Gasteiger partial charge < -0.3 is 8.83 Å². The zero-order valence-electron chi connectivity index (χ0n) is 29.9. The van der Waals surface area contributed by atoms with Crippen molar-refractivity contribution >= 4 is 44.1 Å². The lowest BCUT2D eigenvalue weighted by atomic mass is 10.0. The maximum atomic E-state index is 6.44. The minimum Gasteiger partial charge on any atom is -0.452 e. The molecule has 262 valence electrons. The summed E-state index contributed by atoms with van der Waals surface area (Å²) >= 11 is 0. The predicted molar refractivity (Wildman–Crippen MR) is 225 cm³/mol. The first kappa shape index (κ1) is 31.8. The summed E-state index contributed by atoms with van der Waals surface area (Å²) in [5, 5.41) is 1.88. The summed E-state index contributed by atoms with van der Waals surface area (Å²) in [6.07, 6.45) is 0. The van der Waals surface area contributed by atoms with Crippen LogP contribution in [0.25, 0.3) is 112 Å². The number of nitrogens with zero attached hydrogens (tertiary/aromatic N) is 4. The van der Waals surface area contributed by atoms with Crippen LogP contribution in [0.3, 0.4) is 0 Å². The van der Waals surface area contributed by atoms with E-state index in [0.717, 1.165) is 88.9 Å². The molecule has 0 spiro atoms. The van der Waals surface area contributed by atoms with Crippen LogP contribution in [0.5, 0.6) is 0 Å². The van der Waals surface area contributed by atoms with Crippen molar-refractivity contribution in [3.63, 3.8) is 0 Å². The molecule has 0 atom stereocenters. The number of hydrogen-bond donors (Lipinski definition) is 0. The third kappa shape index (κ3) is 5.43. The maximum absolute atomic E-state index is 6.44. The maximum Gasteiger partial charge on any atom is 0.180 e. The molecule has 7 aromatic carbocycles. The van der Waals surface area contributed by atoms with Crippen molar-refractivity contribution in [2.24, 2.45) is 0 Å². The number of hydrogen-bond acceptors (Lipinski definition) is 6. The van der Waals surface area contributed by atoms with Gasteiger partial charge in [0.2, 0.25) is 0 Å². The van der Waals surface area contributed by atoms with Crippen molar-refractivity contribution in [2.45, 2.75) is 0 Å². The number of aromatic nitrogens is 4. The van der Waals surface area contributed by atoms with E-state index in [2.05, 4.69) is 103 Å². The van der Waals surface area contributed by atoms with Gasteiger partial charge in [0.25, 0.3) is 0 Å². The molecule has 0 N–H and O–H groups in total. The first-order valence-electron chi connectivity index (χ1n) is 18.5. The van der Waals surface area contributed by atoms with E-state index in [1.807, 2.05) is 78.9 Å². The molecule has 0 fully saturated rings. The van der Waals surface area contributed by atoms with Gasteiger partial charge in [-0.15, -0.1) is 0 Å². The second-order valence-corrected chi connectivity index (χ2v) is 13.8. The van der Waals surface area contributed by atoms with E-state index in [0.29, 0.717) is 22.8 Å². The zero-order chi connectivity index (χ0) is 37.0. The van der Waals surface area contributed by atoms with E-state index in [1.54, 1.807) is 0 Å². The van der Waals surface area contributed by atoms with Gasteiger partial charge in [0.05, 0.1) is 0 Å². The Morgan fingerprint density at radius 1 is 0.286 bits per heavy atom. The number of fused-ring (bicyclic) bond motifs is 6. The Morgan fingerprint density at radius 3 is 1.09 bits per heavy atom. The van der Waals surface area contributed by atoms with Gasteiger partial charge in [-0.1, -0.05) is 152 Å². The highest BCUT2D eigenvalue weighted by molar-refractivity contribution is 6.08. The van der Waals surface area contributed by atoms with Crippen LogP contribution < -0.4 is 0 Å². The first-order chi connectivity index (χ1) is 27.7. The minimum absolute atomic E-state index is 0.583. The molecule has 11 rings (SSSR count). The molecular formula is C50H30N4O2. The number of rotatable bonds is 6. The first-order valence-corrected chi connectivity index (χ1v) is 18.5. The van der Waals surface area contributed by atoms with E-state index in [4.69, 9.17) is 28.8 Å². The normalized spacial score (nSPS) is 11.6. The molecule has 11 aromatic rings. The van der Waals surface area contributed by atoms with Gasteiger partial charge >= 0.3 is 0 Å². The number of para-hydroxylation sites is 2. The van der Waals surface area contributed by atoms with E-state index >= 15 is 0 Å². The average Bonchev–Trinajstić information content (AvgIpc) is 3.85. The Balaban J connectivity index is 1.06. The molecule has 0 aliphatic carbocycles. The third-order valence-electron chi connectivity index (χ3n) is 10.3. The van der Waals surface area contributed by atoms with Crippen molar-refractivity contribution < 1.29 is 8.83 Å². The lowest BCUT2D eigenvalue weighted by Crippen LogP contribution is -1.96. The minimum atomic E-state index is 0.583. The van der Waals surface area contributed by atoms with Crippen LogP contribution in [0.4, 0.5) is 0 Å². The molecule has 0 unspecified atom stereocenters. The lowest BCUT2D eigenvalue weighted by molar-refractivity contribution is 0.667. The Labute approximate surface area is 321 Å². The van der Waals surface area contributed by atoms with Gasteiger partial charge in [-0.3, -0.25) is 0 Å². The van der Waals surface area contributed by atoms with E-state index in [9.17, 15) is 0 Å². The molecule has 4 heterocycles. The summed E-state index contributed by atoms with van der Waals surface area (Å²) in [6.45, 7) is 0. The Kier molecular flexibility index (Phi) is 7.38. The standard InChI is InChI=1S/C50H30N4O2/c1-3-12-31(13-4-1)33-22-26-35(27-23-33)43-47-45(39-18-7-9-20-41(39)55-47)53-49(51-43)37-16-11-17-38(30-37)50-52-44(48-46(54-50)40-19-8-10-21-42(40)56-48)36-28-24-34(25-29-36)32-14-5-2-6-15-32/h1-30H. The molecule has 6 heteroatoms. The van der Waals surface area contributed by atoms with Crippen LogP contribution >= 0.6 is 0 Å². The average molecular weight is 719 g/mol. The van der Waals surface area contributed by atoms with Gasteiger partial charge in [0.15, 0.2) is 22.8 Å². The Morgan fingerprint density at radius 2 is 0.643 bits per heavy atom. The van der Waals surface area contributed by atoms with Crippen molar-refractivity contribution in [1.29, 1.82) is 0 Å². The molecule has 0 amide bonds. The van der Waals surface area contributed by atoms with Crippen LogP contribution in [0, 0.1) is 0 Å². The lowest BCUT2D eigenvalue weighted by Gasteiger charge is -2.10. The molecule has 0 saturated heterocycles. The number of furan rings is 2. The van der Waals surface area contributed by atoms with Crippen LogP contribution in [0.2, 0.25) is 0 Å². The summed E-state index contributed by atoms with van der Waals surface area (Å²) in [6, 6.07) is 61.8. The van der Waals surface area contributed by atoms with Gasteiger partial charge in [-0.2, -0.15) is 0 Å². The van der Waals surface area contributed by atoms with E-state index in [1.165, 1.54) is 0 Å². The molecule has 0 bridgehead atoms. The van der Waals surface area contributed by atoms with Crippen LogP contribution in [0.1, 0.15) is 0 Å². The smallest absolute Gasteiger partial charge is 0.180 e. The summed E-state index contributed by atoms with van der Waals surface area (Å²) < 4.78 is 12.9. The molecule has 0 saturated carbocycles. The summed E-state index contributed by atoms with van der Waals surface area (Å²) in [5.41, 5.74) is 14.0. The fraction of sp³-hybridized carbons (Fsp3) is 0. The number of benzene rings is 7. The molecular weight excluding hydrogens is 689 g/mol. The molecule has 56 heavy (non-hydrogen) atoms. The van der Waals surface area contributed by atoms with Crippen LogP contribution in [-0.4, -0.2) is 19.9 Å². The predicted octanol–water partition coefficient (Wildman–Crippen LogP) is 13.1. The van der Waals surface area contributed by atoms with Gasteiger partial charge in [-0.05, 0) is 52.6 Å². The third-order valence-corrected chi connectivity index (χ3v) is 10.3. The van der Waals surface area contributed by atoms with Gasteiger partial charge in [-0.25, -0.2) is 19.9 Å². The molecule has 6 nitrogen and oxygen atoms in total. The van der Waals surface area contributed by atoms with Gasteiger partial charge in [0.1, 0.15) is 33.6 Å². The SMILES string of the molecule is c1ccc(-c2ccc(-c3nc(-c4cccc(-c5nc(-c6ccc(-c7ccccc7)cc6)c6oc7ccccc7c6n5)c4)nc4c3oc3ccccc34)cc2)cc1. The largest absolute Gasteiger partial charge is 0.452 e. The van der Waals surface area contributed by atoms with Crippen molar-refractivity contribution in [2.75, 3.05) is 0 Å². The fourth-order valence-electron chi connectivity index (χ4n) is 7.53. The summed E-state index contributed by atoms with van der Waals surface area (Å²) in [5.74, 6) is 1.17. The Bertz CT molecular complexity index is 3010. The molecule has 0 radical (unpaired) electrons. The Hall–Kier alpha value is -7.70. The van der Waals surface area contributed by atoms with E-state index < -0.39 is 0 Å². The topological polar surface area (TPSA) is 77.8 Å². The highest BCUT2D eigenvalue weighted by Crippen LogP contribution is 2.39. The van der Waals surface area contributed by atoms with Crippen molar-refractivity contribution in [3.05, 3.63) is 182 Å². The summed E-state index contributed by atoms with van der Waals surface area (Å²) in [4.78, 5) is 20.7. The highest BCUT2D eigenvalue weighted by Gasteiger charge is 2.21. The van der Waals surface area contributed by atoms with Gasteiger partial charge in [0, 0.05) is 33.0 Å². The second-order valence-electron chi connectivity index (χ2n) is 13.8. The molecule has 0 aliphatic rings. The second kappa shape index (κ2) is 13.0. The molecule has 4 aromatic heterocycles. The quantitative estimate of drug-likeness (QED) is 0.170. The highest BCUT2D eigenvalue weighted by atomic mass is 16.3. The van der Waals surface area contributed by atoms with E-state index in [-0.39, 0.29) is 0 Å². The van der Waals surface area contributed by atoms with Crippen molar-refractivity contribution in [1.82, 2.24) is 19.9 Å². The molecule has 0 aliphatic heterocycles. The fourth-order valence-corrected chi connectivity index (χ4v) is 7.53. The van der Waals surface area contributed by atoms with Crippen LogP contribution in [-0.2, 0) is 0 Å². The summed E-state index contributed by atoms with van der Waals surface area (Å²) in [7, 11) is 0. The monoisotopic (exact) mass is 718 g/mol. The zero-order valence-corrected chi connectivity index (χ0v) is 29.9. The van der Waals surface area contributed by atoms with Crippen LogP contribution in [0.15, 0.2) is 191 Å².